The van der Waals surface area contributed by atoms with E-state index in [1.165, 1.54) is 28.7 Å². The van der Waals surface area contributed by atoms with E-state index in [-0.39, 0.29) is 30.3 Å². The van der Waals surface area contributed by atoms with Crippen molar-refractivity contribution in [1.29, 1.82) is 0 Å². The summed E-state index contributed by atoms with van der Waals surface area (Å²) in [5.41, 5.74) is 19.4. The van der Waals surface area contributed by atoms with Gasteiger partial charge in [0, 0.05) is 17.8 Å². The molecular weight excluding hydrogens is 768 g/mol. The van der Waals surface area contributed by atoms with Gasteiger partial charge in [-0.2, -0.15) is 0 Å². The molecule has 0 fully saturated rings. The molecule has 11 rings (SSSR count). The Kier molecular flexibility index (Phi) is 13.7. The van der Waals surface area contributed by atoms with Crippen molar-refractivity contribution in [3.05, 3.63) is 140 Å². The first kappa shape index (κ1) is 43.4. The minimum Gasteiger partial charge on any atom is -0.427 e. The fourth-order valence-electron chi connectivity index (χ4n) is 7.91. The summed E-state index contributed by atoms with van der Waals surface area (Å²) in [6, 6.07) is 25.5. The molecule has 0 aliphatic carbocycles. The zero-order valence-electron chi connectivity index (χ0n) is 33.8. The second kappa shape index (κ2) is 18.9. The number of nitro groups is 1. The summed E-state index contributed by atoms with van der Waals surface area (Å²) >= 11 is 0. The number of aryl methyl sites for hydroxylation is 1. The van der Waals surface area contributed by atoms with Crippen molar-refractivity contribution in [3.8, 4) is 0 Å². The zero-order chi connectivity index (χ0) is 42.7. The van der Waals surface area contributed by atoms with Gasteiger partial charge in [0.15, 0.2) is 0 Å². The standard InChI is InChI=1S/C9H11BO.C8H8B2O4.C8H8BFO.C8H8BNO3.C7H8BNO2/c1-7-4-3-5-8-6-11-10(2)9(7)8;11-9-7-1-5-3-13-10(12)8(5)2-6(7)4-14-9;1-9-8-6(5-11-9)3-2-4-7(8)10;1-9-8-4-7(10(11)12)3-2-6(8)5-13-9;9-6-2-1-5-4-11-8(10)7(5)3-6/h3-5H,6H2,1-2H3;1-2,11-12H,3-4H2;2-4H,5H2,1H3;2-4H,5H2,1H3;1-3,10H,4,9H2. The molecule has 0 amide bonds. The lowest BCUT2D eigenvalue weighted by Gasteiger charge is -2.02. The van der Waals surface area contributed by atoms with E-state index >= 15 is 0 Å². The van der Waals surface area contributed by atoms with Crippen molar-refractivity contribution in [2.45, 2.75) is 67.0 Å². The van der Waals surface area contributed by atoms with Crippen LogP contribution in [0.2, 0.25) is 20.5 Å². The highest BCUT2D eigenvalue weighted by molar-refractivity contribution is 6.68. The average molecular weight is 812 g/mol. The highest BCUT2D eigenvalue weighted by Gasteiger charge is 2.34. The van der Waals surface area contributed by atoms with Gasteiger partial charge in [0.05, 0.1) is 44.6 Å². The fraction of sp³-hybridized carbons (Fsp3) is 0.250. The minimum atomic E-state index is -0.826. The van der Waals surface area contributed by atoms with E-state index in [0.29, 0.717) is 45.6 Å². The Balaban J connectivity index is 0.000000114. The van der Waals surface area contributed by atoms with Gasteiger partial charge in [0.25, 0.3) is 5.69 Å². The molecular formula is C40H43B6FN2O11. The maximum atomic E-state index is 13.1. The first-order chi connectivity index (χ1) is 28.8. The quantitative estimate of drug-likeness (QED) is 0.0820. The topological polar surface area (TPSA) is 185 Å². The maximum absolute atomic E-state index is 13.1. The van der Waals surface area contributed by atoms with Gasteiger partial charge in [0.1, 0.15) is 5.82 Å². The highest BCUT2D eigenvalue weighted by Crippen LogP contribution is 2.18. The Bertz CT molecular complexity index is 2280. The SMILES string of the molecule is CB1OCc2ccc([N+](=O)[O-])cc21.CB1OCc2cccc(C)c21.CB1OCc2cccc(F)c21.Nc1ccc2c(c1)B(O)OC2.OB1OCc2cc3c(cc21)COB3O. The Hall–Kier alpha value is -4.74. The van der Waals surface area contributed by atoms with Crippen molar-refractivity contribution in [2.75, 3.05) is 5.73 Å². The lowest BCUT2D eigenvalue weighted by atomic mass is 9.62. The number of nitrogens with zero attached hydrogens (tertiary/aromatic N) is 1. The average Bonchev–Trinajstić information content (AvgIpc) is 4.11. The number of hydrogen-bond acceptors (Lipinski definition) is 12. The van der Waals surface area contributed by atoms with Gasteiger partial charge in [-0.05, 0) is 91.3 Å². The van der Waals surface area contributed by atoms with Crippen LogP contribution in [-0.4, -0.2) is 62.1 Å². The largest absolute Gasteiger partial charge is 0.491 e. The molecule has 60 heavy (non-hydrogen) atoms. The Morgan fingerprint density at radius 3 is 1.62 bits per heavy atom. The lowest BCUT2D eigenvalue weighted by Crippen LogP contribution is -2.33. The van der Waals surface area contributed by atoms with Crippen LogP contribution >= 0.6 is 0 Å². The third-order valence-corrected chi connectivity index (χ3v) is 11.2. The monoisotopic (exact) mass is 812 g/mol. The number of benzene rings is 5. The number of nitrogen functional groups attached to an aromatic ring is 1. The van der Waals surface area contributed by atoms with E-state index in [2.05, 4.69) is 31.9 Å². The Morgan fingerprint density at radius 2 is 1.03 bits per heavy atom. The van der Waals surface area contributed by atoms with Crippen LogP contribution in [-0.2, 0) is 67.6 Å². The summed E-state index contributed by atoms with van der Waals surface area (Å²) in [7, 11) is -2.44. The number of nitrogens with two attached hydrogens (primary N) is 1. The van der Waals surface area contributed by atoms with Gasteiger partial charge in [-0.15, -0.1) is 0 Å². The van der Waals surface area contributed by atoms with Crippen LogP contribution in [0.5, 0.6) is 0 Å². The molecule has 5 aromatic rings. The molecule has 6 aliphatic heterocycles. The molecule has 5 aromatic carbocycles. The number of non-ortho nitro benzene ring substituents is 1. The van der Waals surface area contributed by atoms with Gasteiger partial charge in [0.2, 0.25) is 0 Å². The third kappa shape index (κ3) is 9.57. The van der Waals surface area contributed by atoms with Crippen LogP contribution in [0.3, 0.4) is 0 Å². The molecule has 13 nitrogen and oxygen atoms in total. The molecule has 5 N–H and O–H groups in total. The van der Waals surface area contributed by atoms with Gasteiger partial charge < -0.3 is 48.7 Å². The minimum absolute atomic E-state index is 0.0186. The first-order valence-electron chi connectivity index (χ1n) is 19.7. The third-order valence-electron chi connectivity index (χ3n) is 11.2. The van der Waals surface area contributed by atoms with Crippen molar-refractivity contribution in [3.63, 3.8) is 0 Å². The molecule has 0 spiro atoms. The molecule has 0 aromatic heterocycles. The van der Waals surface area contributed by atoms with E-state index in [1.54, 1.807) is 30.3 Å². The Morgan fingerprint density at radius 1 is 0.567 bits per heavy atom. The van der Waals surface area contributed by atoms with Crippen molar-refractivity contribution < 1.29 is 52.3 Å². The van der Waals surface area contributed by atoms with Gasteiger partial charge in [-0.1, -0.05) is 80.6 Å². The van der Waals surface area contributed by atoms with Crippen LogP contribution in [0.15, 0.2) is 84.9 Å². The van der Waals surface area contributed by atoms with Crippen LogP contribution in [0.1, 0.15) is 38.9 Å². The lowest BCUT2D eigenvalue weighted by molar-refractivity contribution is -0.384. The first-order valence-corrected chi connectivity index (χ1v) is 19.7. The molecule has 20 heteroatoms. The number of halogens is 1. The van der Waals surface area contributed by atoms with Gasteiger partial charge in [-0.25, -0.2) is 4.39 Å². The van der Waals surface area contributed by atoms with E-state index in [4.69, 9.17) is 33.7 Å². The van der Waals surface area contributed by atoms with Gasteiger partial charge in [-0.3, -0.25) is 10.1 Å². The second-order valence-electron chi connectivity index (χ2n) is 15.2. The van der Waals surface area contributed by atoms with Crippen molar-refractivity contribution in [2.24, 2.45) is 0 Å². The number of fused-ring (bicyclic) bond motifs is 6. The normalized spacial score (nSPS) is 15.9. The molecule has 0 saturated carbocycles. The predicted octanol–water partition coefficient (Wildman–Crippen LogP) is 1.10. The summed E-state index contributed by atoms with van der Waals surface area (Å²) < 4.78 is 44.3. The van der Waals surface area contributed by atoms with Crippen molar-refractivity contribution >= 4 is 86.3 Å². The predicted molar refractivity (Wildman–Crippen MR) is 233 cm³/mol. The molecule has 0 bridgehead atoms. The summed E-state index contributed by atoms with van der Waals surface area (Å²) in [5.74, 6) is -0.146. The highest BCUT2D eigenvalue weighted by atomic mass is 19.1. The Labute approximate surface area is 350 Å². The molecule has 6 aliphatic rings. The molecule has 0 radical (unpaired) electrons. The van der Waals surface area contributed by atoms with Crippen LogP contribution < -0.4 is 38.5 Å². The summed E-state index contributed by atoms with van der Waals surface area (Å²) in [4.78, 5) is 10.1. The summed E-state index contributed by atoms with van der Waals surface area (Å²) in [6.07, 6.45) is 0. The molecule has 0 atom stereocenters. The van der Waals surface area contributed by atoms with Crippen LogP contribution in [0.25, 0.3) is 0 Å². The van der Waals surface area contributed by atoms with E-state index in [0.717, 1.165) is 61.7 Å². The molecule has 0 unspecified atom stereocenters. The molecule has 0 saturated heterocycles. The van der Waals surface area contributed by atoms with E-state index in [9.17, 15) is 29.6 Å². The maximum Gasteiger partial charge on any atom is 0.491 e. The second-order valence-corrected chi connectivity index (χ2v) is 15.2. The molecule has 6 heterocycles. The number of rotatable bonds is 1. The van der Waals surface area contributed by atoms with E-state index < -0.39 is 21.4 Å². The fourth-order valence-corrected chi connectivity index (χ4v) is 7.91. The number of anilines is 1. The zero-order valence-corrected chi connectivity index (χ0v) is 33.8. The van der Waals surface area contributed by atoms with Gasteiger partial charge >= 0.3 is 42.1 Å². The van der Waals surface area contributed by atoms with E-state index in [1.807, 2.05) is 37.9 Å². The van der Waals surface area contributed by atoms with Crippen LogP contribution in [0.4, 0.5) is 15.8 Å². The smallest absolute Gasteiger partial charge is 0.427 e. The van der Waals surface area contributed by atoms with Crippen LogP contribution in [0, 0.1) is 22.9 Å². The summed E-state index contributed by atoms with van der Waals surface area (Å²) in [6.45, 7) is 11.4. The number of hydrogen-bond donors (Lipinski definition) is 4. The summed E-state index contributed by atoms with van der Waals surface area (Å²) in [5, 5.41) is 38.6. The molecule has 304 valence electrons. The number of nitro benzene ring substituents is 1. The van der Waals surface area contributed by atoms with Crippen molar-refractivity contribution in [1.82, 2.24) is 0 Å².